The second-order valence-electron chi connectivity index (χ2n) is 3.20. The van der Waals surface area contributed by atoms with Gasteiger partial charge in [-0.05, 0) is 13.0 Å². The van der Waals surface area contributed by atoms with Crippen molar-refractivity contribution in [1.82, 2.24) is 4.98 Å². The molecule has 0 saturated carbocycles. The van der Waals surface area contributed by atoms with E-state index in [2.05, 4.69) is 4.98 Å². The molecule has 2 N–H and O–H groups in total. The Labute approximate surface area is 95.0 Å². The molecule has 6 heteroatoms. The molecule has 0 spiro atoms. The van der Waals surface area contributed by atoms with Crippen molar-refractivity contribution >= 4 is 17.3 Å². The molecule has 0 aliphatic carbocycles. The molecule has 0 saturated heterocycles. The van der Waals surface area contributed by atoms with Gasteiger partial charge >= 0.3 is 5.97 Å². The Morgan fingerprint density at radius 1 is 1.62 bits per heavy atom. The van der Waals surface area contributed by atoms with Gasteiger partial charge in [0.25, 0.3) is 0 Å². The molecule has 1 atom stereocenters. The van der Waals surface area contributed by atoms with Crippen LogP contribution in [0.25, 0.3) is 0 Å². The van der Waals surface area contributed by atoms with Crippen molar-refractivity contribution in [3.8, 4) is 0 Å². The summed E-state index contributed by atoms with van der Waals surface area (Å²) in [4.78, 5) is 14.9. The fourth-order valence-corrected chi connectivity index (χ4v) is 1.98. The molecule has 0 amide bonds. The summed E-state index contributed by atoms with van der Waals surface area (Å²) in [5.74, 6) is -1.12. The summed E-state index contributed by atoms with van der Waals surface area (Å²) in [5, 5.41) is 21.3. The van der Waals surface area contributed by atoms with Gasteiger partial charge in [0.1, 0.15) is 5.56 Å². The van der Waals surface area contributed by atoms with Gasteiger partial charge in [-0.3, -0.25) is 0 Å². The topological polar surface area (TPSA) is 83.6 Å². The van der Waals surface area contributed by atoms with E-state index < -0.39 is 12.1 Å². The number of furan rings is 1. The van der Waals surface area contributed by atoms with Crippen LogP contribution in [-0.4, -0.2) is 21.2 Å². The predicted octanol–water partition coefficient (Wildman–Crippen LogP) is 1.82. The van der Waals surface area contributed by atoms with Crippen LogP contribution in [0.4, 0.5) is 0 Å². The first-order valence-corrected chi connectivity index (χ1v) is 5.38. The molecule has 84 valence electrons. The number of nitrogens with zero attached hydrogens (tertiary/aromatic N) is 1. The summed E-state index contributed by atoms with van der Waals surface area (Å²) in [5.41, 5.74) is 0.359. The molecule has 2 aromatic rings. The van der Waals surface area contributed by atoms with Crippen LogP contribution in [0.15, 0.2) is 22.1 Å². The number of aromatic nitrogens is 1. The molecule has 5 nitrogen and oxygen atoms in total. The molecule has 2 aromatic heterocycles. The largest absolute Gasteiger partial charge is 0.478 e. The van der Waals surface area contributed by atoms with Crippen LogP contribution in [-0.2, 0) is 0 Å². The van der Waals surface area contributed by atoms with Gasteiger partial charge in [0.2, 0.25) is 0 Å². The predicted molar refractivity (Wildman–Crippen MR) is 56.6 cm³/mol. The minimum absolute atomic E-state index is 0.0119. The SMILES string of the molecule is Cc1nc(C(O)c2occc2C(=O)O)cs1. The Kier molecular flexibility index (Phi) is 2.76. The smallest absolute Gasteiger partial charge is 0.339 e. The van der Waals surface area contributed by atoms with Gasteiger partial charge in [-0.1, -0.05) is 0 Å². The molecule has 0 aliphatic rings. The molecule has 0 aliphatic heterocycles. The standard InChI is InChI=1S/C10H9NO4S/c1-5-11-7(4-16-5)8(12)9-6(10(13)14)2-3-15-9/h2-4,8,12H,1H3,(H,13,14). The molecule has 0 aromatic carbocycles. The first-order chi connectivity index (χ1) is 7.59. The molecule has 0 radical (unpaired) electrons. The third-order valence-electron chi connectivity index (χ3n) is 2.09. The van der Waals surface area contributed by atoms with Crippen LogP contribution < -0.4 is 0 Å². The Morgan fingerprint density at radius 3 is 2.94 bits per heavy atom. The van der Waals surface area contributed by atoms with Gasteiger partial charge in [0.15, 0.2) is 11.9 Å². The number of aliphatic hydroxyl groups is 1. The van der Waals surface area contributed by atoms with Crippen LogP contribution in [0.1, 0.15) is 32.9 Å². The third kappa shape index (κ3) is 1.84. The quantitative estimate of drug-likeness (QED) is 0.853. The summed E-state index contributed by atoms with van der Waals surface area (Å²) in [6.45, 7) is 1.81. The lowest BCUT2D eigenvalue weighted by Crippen LogP contribution is -2.05. The highest BCUT2D eigenvalue weighted by atomic mass is 32.1. The lowest BCUT2D eigenvalue weighted by molar-refractivity contribution is 0.0687. The van der Waals surface area contributed by atoms with E-state index in [1.54, 1.807) is 12.3 Å². The minimum atomic E-state index is -1.13. The van der Waals surface area contributed by atoms with Crippen LogP contribution in [0.2, 0.25) is 0 Å². The lowest BCUT2D eigenvalue weighted by Gasteiger charge is -2.05. The second-order valence-corrected chi connectivity index (χ2v) is 4.26. The van der Waals surface area contributed by atoms with E-state index in [9.17, 15) is 9.90 Å². The van der Waals surface area contributed by atoms with Gasteiger partial charge in [-0.25, -0.2) is 9.78 Å². The number of hydrogen-bond acceptors (Lipinski definition) is 5. The summed E-state index contributed by atoms with van der Waals surface area (Å²) in [7, 11) is 0. The van der Waals surface area contributed by atoms with E-state index in [-0.39, 0.29) is 11.3 Å². The Morgan fingerprint density at radius 2 is 2.38 bits per heavy atom. The number of aliphatic hydroxyl groups excluding tert-OH is 1. The van der Waals surface area contributed by atoms with E-state index in [0.717, 1.165) is 5.01 Å². The summed E-state index contributed by atoms with van der Waals surface area (Å²) >= 11 is 1.38. The zero-order chi connectivity index (χ0) is 11.7. The monoisotopic (exact) mass is 239 g/mol. The average Bonchev–Trinajstić information content (AvgIpc) is 2.84. The second kappa shape index (κ2) is 4.07. The summed E-state index contributed by atoms with van der Waals surface area (Å²) in [6.07, 6.45) is 0.104. The number of hydrogen-bond donors (Lipinski definition) is 2. The van der Waals surface area contributed by atoms with Gasteiger partial charge in [-0.2, -0.15) is 0 Å². The van der Waals surface area contributed by atoms with E-state index >= 15 is 0 Å². The van der Waals surface area contributed by atoms with Gasteiger partial charge in [0, 0.05) is 5.38 Å². The van der Waals surface area contributed by atoms with Gasteiger partial charge < -0.3 is 14.6 Å². The fraction of sp³-hybridized carbons (Fsp3) is 0.200. The van der Waals surface area contributed by atoms with E-state index in [1.165, 1.54) is 23.7 Å². The maximum Gasteiger partial charge on any atom is 0.339 e. The Bertz CT molecular complexity index is 516. The maximum atomic E-state index is 10.8. The van der Waals surface area contributed by atoms with Crippen molar-refractivity contribution < 1.29 is 19.4 Å². The molecule has 0 fully saturated rings. The maximum absolute atomic E-state index is 10.8. The van der Waals surface area contributed by atoms with Crippen LogP contribution in [0, 0.1) is 6.92 Å². The highest BCUT2D eigenvalue weighted by Crippen LogP contribution is 2.26. The summed E-state index contributed by atoms with van der Waals surface area (Å²) < 4.78 is 4.99. The first kappa shape index (κ1) is 10.8. The van der Waals surface area contributed by atoms with Gasteiger partial charge in [-0.15, -0.1) is 11.3 Å². The number of thiazole rings is 1. The van der Waals surface area contributed by atoms with Crippen LogP contribution in [0.3, 0.4) is 0 Å². The van der Waals surface area contributed by atoms with E-state index in [1.807, 2.05) is 0 Å². The molecule has 0 bridgehead atoms. The van der Waals surface area contributed by atoms with Crippen LogP contribution >= 0.6 is 11.3 Å². The molecule has 16 heavy (non-hydrogen) atoms. The zero-order valence-corrected chi connectivity index (χ0v) is 9.19. The number of carboxylic acid groups (broad SMARTS) is 1. The normalized spacial score (nSPS) is 12.6. The number of carbonyl (C=O) groups is 1. The first-order valence-electron chi connectivity index (χ1n) is 4.50. The van der Waals surface area contributed by atoms with Crippen molar-refractivity contribution in [2.24, 2.45) is 0 Å². The molecule has 1 unspecified atom stereocenters. The minimum Gasteiger partial charge on any atom is -0.478 e. The average molecular weight is 239 g/mol. The van der Waals surface area contributed by atoms with Crippen LogP contribution in [0.5, 0.6) is 0 Å². The van der Waals surface area contributed by atoms with Crippen molar-refractivity contribution in [2.45, 2.75) is 13.0 Å². The van der Waals surface area contributed by atoms with Gasteiger partial charge in [0.05, 0.1) is 17.0 Å². The highest BCUT2D eigenvalue weighted by molar-refractivity contribution is 7.09. The highest BCUT2D eigenvalue weighted by Gasteiger charge is 2.23. The zero-order valence-electron chi connectivity index (χ0n) is 8.38. The number of rotatable bonds is 3. The van der Waals surface area contributed by atoms with Crippen molar-refractivity contribution in [1.29, 1.82) is 0 Å². The van der Waals surface area contributed by atoms with Crippen molar-refractivity contribution in [2.75, 3.05) is 0 Å². The lowest BCUT2D eigenvalue weighted by atomic mass is 10.1. The summed E-state index contributed by atoms with van der Waals surface area (Å²) in [6, 6.07) is 1.31. The number of aromatic carboxylic acids is 1. The fourth-order valence-electron chi connectivity index (χ4n) is 1.35. The molecular formula is C10H9NO4S. The molecule has 2 rings (SSSR count). The Balaban J connectivity index is 2.37. The third-order valence-corrected chi connectivity index (χ3v) is 2.88. The van der Waals surface area contributed by atoms with E-state index in [4.69, 9.17) is 9.52 Å². The number of aryl methyl sites for hydroxylation is 1. The van der Waals surface area contributed by atoms with Crippen molar-refractivity contribution in [3.63, 3.8) is 0 Å². The van der Waals surface area contributed by atoms with Crippen molar-refractivity contribution in [3.05, 3.63) is 39.7 Å². The Hall–Kier alpha value is -1.66. The molecule has 2 heterocycles. The number of carboxylic acids is 1. The molecular weight excluding hydrogens is 230 g/mol. The van der Waals surface area contributed by atoms with E-state index in [0.29, 0.717) is 5.69 Å².